The minimum Gasteiger partial charge on any atom is -0.314 e. The Labute approximate surface area is 70.6 Å². The third-order valence-corrected chi connectivity index (χ3v) is 2.97. The van der Waals surface area contributed by atoms with E-state index in [1.54, 1.807) is 0 Å². The molecule has 0 bridgehead atoms. The minimum absolute atomic E-state index is 0.802. The normalized spacial score (nSPS) is 32.7. The van der Waals surface area contributed by atoms with Gasteiger partial charge in [0.25, 0.3) is 0 Å². The highest BCUT2D eigenvalue weighted by atomic mass is 14.9. The Hall–Kier alpha value is -0.0400. The van der Waals surface area contributed by atoms with Crippen molar-refractivity contribution >= 4 is 0 Å². The maximum Gasteiger partial charge on any atom is 0.00671 e. The fourth-order valence-electron chi connectivity index (χ4n) is 1.96. The Bertz CT molecular complexity index is 109. The quantitative estimate of drug-likeness (QED) is 0.645. The predicted octanol–water partition coefficient (Wildman–Crippen LogP) is 2.42. The summed E-state index contributed by atoms with van der Waals surface area (Å²) in [6.07, 6.45) is 4.07. The molecule has 1 saturated heterocycles. The van der Waals surface area contributed by atoms with E-state index in [4.69, 9.17) is 0 Å². The van der Waals surface area contributed by atoms with E-state index in [9.17, 15) is 0 Å². The lowest BCUT2D eigenvalue weighted by atomic mass is 9.83. The van der Waals surface area contributed by atoms with E-state index in [-0.39, 0.29) is 0 Å². The molecule has 0 aromatic heterocycles. The third-order valence-electron chi connectivity index (χ3n) is 2.97. The van der Waals surface area contributed by atoms with Crippen LogP contribution in [0, 0.1) is 11.8 Å². The van der Waals surface area contributed by atoms with Gasteiger partial charge in [0.05, 0.1) is 0 Å². The van der Waals surface area contributed by atoms with Gasteiger partial charge in [0.1, 0.15) is 0 Å². The van der Waals surface area contributed by atoms with E-state index < -0.39 is 0 Å². The molecule has 0 radical (unpaired) electrons. The molecule has 1 fully saturated rings. The molecule has 1 N–H and O–H groups in total. The molecule has 2 atom stereocenters. The van der Waals surface area contributed by atoms with Crippen molar-refractivity contribution in [1.29, 1.82) is 0 Å². The summed E-state index contributed by atoms with van der Waals surface area (Å²) < 4.78 is 0. The van der Waals surface area contributed by atoms with Gasteiger partial charge >= 0.3 is 0 Å². The second kappa shape index (κ2) is 4.10. The number of rotatable bonds is 2. The number of hydrogen-bond acceptors (Lipinski definition) is 1. The van der Waals surface area contributed by atoms with E-state index in [2.05, 4.69) is 26.1 Å². The highest BCUT2D eigenvalue weighted by Gasteiger charge is 2.21. The van der Waals surface area contributed by atoms with Gasteiger partial charge in [-0.3, -0.25) is 0 Å². The van der Waals surface area contributed by atoms with Crippen LogP contribution in [0.5, 0.6) is 0 Å². The second-order valence-corrected chi connectivity index (χ2v) is 4.09. The highest BCUT2D eigenvalue weighted by Crippen LogP contribution is 2.24. The highest BCUT2D eigenvalue weighted by molar-refractivity contribution is 4.78. The van der Waals surface area contributed by atoms with Crippen LogP contribution >= 0.6 is 0 Å². The van der Waals surface area contributed by atoms with Crippen molar-refractivity contribution in [3.8, 4) is 0 Å². The van der Waals surface area contributed by atoms with Gasteiger partial charge in [-0.1, -0.05) is 20.8 Å². The van der Waals surface area contributed by atoms with Crippen molar-refractivity contribution in [2.24, 2.45) is 11.8 Å². The molecule has 0 saturated carbocycles. The third kappa shape index (κ3) is 2.48. The van der Waals surface area contributed by atoms with Crippen LogP contribution in [-0.4, -0.2) is 12.6 Å². The Morgan fingerprint density at radius 3 is 2.73 bits per heavy atom. The Kier molecular flexibility index (Phi) is 3.38. The molecule has 0 spiro atoms. The molecule has 0 aromatic rings. The van der Waals surface area contributed by atoms with Gasteiger partial charge in [0.2, 0.25) is 0 Å². The second-order valence-electron chi connectivity index (χ2n) is 4.09. The Morgan fingerprint density at radius 1 is 1.45 bits per heavy atom. The van der Waals surface area contributed by atoms with Gasteiger partial charge in [-0.2, -0.15) is 0 Å². The SMILES string of the molecule is CCC1CC(C(C)C)CCN1. The van der Waals surface area contributed by atoms with E-state index in [1.165, 1.54) is 25.8 Å². The zero-order valence-corrected chi connectivity index (χ0v) is 8.06. The van der Waals surface area contributed by atoms with Gasteiger partial charge < -0.3 is 5.32 Å². The maximum absolute atomic E-state index is 3.55. The number of hydrogen-bond donors (Lipinski definition) is 1. The van der Waals surface area contributed by atoms with Gasteiger partial charge in [-0.25, -0.2) is 0 Å². The van der Waals surface area contributed by atoms with Crippen LogP contribution in [0.4, 0.5) is 0 Å². The zero-order chi connectivity index (χ0) is 8.27. The number of piperidine rings is 1. The van der Waals surface area contributed by atoms with E-state index in [1.807, 2.05) is 0 Å². The summed E-state index contributed by atoms with van der Waals surface area (Å²) in [6.45, 7) is 8.22. The lowest BCUT2D eigenvalue weighted by Crippen LogP contribution is -2.38. The van der Waals surface area contributed by atoms with Gasteiger partial charge in [0, 0.05) is 6.04 Å². The molecule has 0 aliphatic carbocycles. The van der Waals surface area contributed by atoms with Gasteiger partial charge in [-0.05, 0) is 37.6 Å². The van der Waals surface area contributed by atoms with Crippen molar-refractivity contribution < 1.29 is 0 Å². The fraction of sp³-hybridized carbons (Fsp3) is 1.00. The zero-order valence-electron chi connectivity index (χ0n) is 8.06. The van der Waals surface area contributed by atoms with Crippen LogP contribution in [0.15, 0.2) is 0 Å². The summed E-state index contributed by atoms with van der Waals surface area (Å²) in [5, 5.41) is 3.55. The molecule has 1 rings (SSSR count). The lowest BCUT2D eigenvalue weighted by Gasteiger charge is -2.32. The van der Waals surface area contributed by atoms with Gasteiger partial charge in [-0.15, -0.1) is 0 Å². The smallest absolute Gasteiger partial charge is 0.00671 e. The summed E-state index contributed by atoms with van der Waals surface area (Å²) in [7, 11) is 0. The molecule has 2 unspecified atom stereocenters. The molecule has 1 heteroatoms. The average molecular weight is 155 g/mol. The molecule has 0 amide bonds. The summed E-state index contributed by atoms with van der Waals surface area (Å²) in [5.41, 5.74) is 0. The maximum atomic E-state index is 3.55. The van der Waals surface area contributed by atoms with E-state index >= 15 is 0 Å². The average Bonchev–Trinajstić information content (AvgIpc) is 2.05. The van der Waals surface area contributed by atoms with Crippen LogP contribution in [0.3, 0.4) is 0 Å². The summed E-state index contributed by atoms with van der Waals surface area (Å²) in [6, 6.07) is 0.802. The van der Waals surface area contributed by atoms with Crippen LogP contribution in [0.2, 0.25) is 0 Å². The Morgan fingerprint density at radius 2 is 2.18 bits per heavy atom. The molecule has 1 heterocycles. The first-order valence-corrected chi connectivity index (χ1v) is 4.97. The topological polar surface area (TPSA) is 12.0 Å². The van der Waals surface area contributed by atoms with E-state index in [0.29, 0.717) is 0 Å². The van der Waals surface area contributed by atoms with Crippen LogP contribution in [-0.2, 0) is 0 Å². The van der Waals surface area contributed by atoms with Crippen molar-refractivity contribution in [2.75, 3.05) is 6.54 Å². The summed E-state index contributed by atoms with van der Waals surface area (Å²) in [4.78, 5) is 0. The van der Waals surface area contributed by atoms with Gasteiger partial charge in [0.15, 0.2) is 0 Å². The fourth-order valence-corrected chi connectivity index (χ4v) is 1.96. The molecule has 66 valence electrons. The monoisotopic (exact) mass is 155 g/mol. The molecule has 11 heavy (non-hydrogen) atoms. The molecular weight excluding hydrogens is 134 g/mol. The first kappa shape index (κ1) is 9.05. The van der Waals surface area contributed by atoms with Crippen LogP contribution in [0.25, 0.3) is 0 Å². The lowest BCUT2D eigenvalue weighted by molar-refractivity contribution is 0.239. The first-order valence-electron chi connectivity index (χ1n) is 4.97. The largest absolute Gasteiger partial charge is 0.314 e. The summed E-state index contributed by atoms with van der Waals surface area (Å²) >= 11 is 0. The minimum atomic E-state index is 0.802. The van der Waals surface area contributed by atoms with Crippen molar-refractivity contribution in [1.82, 2.24) is 5.32 Å². The van der Waals surface area contributed by atoms with Crippen LogP contribution in [0.1, 0.15) is 40.0 Å². The predicted molar refractivity (Wildman–Crippen MR) is 49.6 cm³/mol. The van der Waals surface area contributed by atoms with Crippen molar-refractivity contribution in [3.05, 3.63) is 0 Å². The van der Waals surface area contributed by atoms with Crippen LogP contribution < -0.4 is 5.32 Å². The van der Waals surface area contributed by atoms with Crippen molar-refractivity contribution in [3.63, 3.8) is 0 Å². The van der Waals surface area contributed by atoms with Crippen molar-refractivity contribution in [2.45, 2.75) is 46.1 Å². The molecule has 1 aliphatic rings. The summed E-state index contributed by atoms with van der Waals surface area (Å²) in [5.74, 6) is 1.85. The first-order chi connectivity index (χ1) is 5.24. The Balaban J connectivity index is 2.33. The molecule has 1 aliphatic heterocycles. The molecule has 1 nitrogen and oxygen atoms in total. The molecule has 0 aromatic carbocycles. The standard InChI is InChI=1S/C10H21N/c1-4-10-7-9(8(2)3)5-6-11-10/h8-11H,4-7H2,1-3H3. The van der Waals surface area contributed by atoms with E-state index in [0.717, 1.165) is 17.9 Å². The molecular formula is C10H21N. The number of nitrogens with one attached hydrogen (secondary N) is 1.